The number of hydrogen-bond acceptors (Lipinski definition) is 4. The molecule has 0 spiro atoms. The van der Waals surface area contributed by atoms with E-state index >= 15 is 0 Å². The lowest BCUT2D eigenvalue weighted by molar-refractivity contribution is 0.0686. The van der Waals surface area contributed by atoms with Crippen LogP contribution in [0.25, 0.3) is 0 Å². The van der Waals surface area contributed by atoms with Crippen LogP contribution in [-0.4, -0.2) is 44.6 Å². The van der Waals surface area contributed by atoms with Crippen LogP contribution in [-0.2, 0) is 0 Å². The molecule has 2 unspecified atom stereocenters. The Hall–Kier alpha value is -1.74. The fourth-order valence-corrected chi connectivity index (χ4v) is 2.21. The van der Waals surface area contributed by atoms with E-state index in [4.69, 9.17) is 20.4 Å². The normalized spacial score (nSPS) is 11.8. The lowest BCUT2D eigenvalue weighted by Gasteiger charge is -2.04. The Labute approximate surface area is 174 Å². The molecule has 0 saturated heterocycles. The third-order valence-corrected chi connectivity index (χ3v) is 3.92. The van der Waals surface area contributed by atoms with Gasteiger partial charge >= 0.3 is 11.9 Å². The molecular weight excluding hydrogens is 484 g/mol. The number of rotatable bonds is 4. The monoisotopic (exact) mass is 504 g/mol. The number of halogens is 2. The molecule has 2 atom stereocenters. The Bertz CT molecular complexity index is 636. The van der Waals surface area contributed by atoms with Crippen LogP contribution in [0.15, 0.2) is 57.5 Å². The molecule has 0 fully saturated rings. The predicted octanol–water partition coefficient (Wildman–Crippen LogP) is 4.43. The van der Waals surface area contributed by atoms with E-state index in [1.54, 1.807) is 62.4 Å². The van der Waals surface area contributed by atoms with E-state index in [9.17, 15) is 9.59 Å². The first-order valence-corrected chi connectivity index (χ1v) is 9.45. The van der Waals surface area contributed by atoms with Crippen molar-refractivity contribution in [3.8, 4) is 0 Å². The summed E-state index contributed by atoms with van der Waals surface area (Å²) in [5, 5.41) is 34.0. The Morgan fingerprint density at radius 2 is 1.00 bits per heavy atom. The Morgan fingerprint density at radius 1 is 0.741 bits per heavy atom. The standard InChI is InChI=1S/2C7H5BrO2.C5H12O2/c2*8-6-3-1-5(2-4-6)7(9)10;1-4(6)3-5(2)7/h2*1-4H,(H,9,10);4-7H,3H2,1-2H3. The Kier molecular flexibility index (Phi) is 12.6. The summed E-state index contributed by atoms with van der Waals surface area (Å²) in [6, 6.07) is 13.0. The van der Waals surface area contributed by atoms with Gasteiger partial charge in [-0.1, -0.05) is 31.9 Å². The molecule has 0 aliphatic heterocycles. The van der Waals surface area contributed by atoms with Crippen molar-refractivity contribution in [2.75, 3.05) is 0 Å². The number of benzene rings is 2. The molecule has 0 bridgehead atoms. The second kappa shape index (κ2) is 13.4. The van der Waals surface area contributed by atoms with Gasteiger partial charge in [0.15, 0.2) is 0 Å². The maximum absolute atomic E-state index is 10.3. The molecule has 0 aliphatic carbocycles. The van der Waals surface area contributed by atoms with Gasteiger partial charge in [0.25, 0.3) is 0 Å². The van der Waals surface area contributed by atoms with Crippen molar-refractivity contribution in [1.82, 2.24) is 0 Å². The fraction of sp³-hybridized carbons (Fsp3) is 0.263. The highest BCUT2D eigenvalue weighted by Gasteiger charge is 2.00. The molecule has 6 nitrogen and oxygen atoms in total. The summed E-state index contributed by atoms with van der Waals surface area (Å²) in [5.74, 6) is -1.79. The van der Waals surface area contributed by atoms with Crippen molar-refractivity contribution in [2.24, 2.45) is 0 Å². The van der Waals surface area contributed by atoms with Crippen LogP contribution in [0.1, 0.15) is 41.0 Å². The third kappa shape index (κ3) is 13.1. The van der Waals surface area contributed by atoms with Crippen molar-refractivity contribution in [2.45, 2.75) is 32.5 Å². The van der Waals surface area contributed by atoms with Gasteiger partial charge in [0.2, 0.25) is 0 Å². The highest BCUT2D eigenvalue weighted by Crippen LogP contribution is 2.10. The number of aliphatic hydroxyl groups excluding tert-OH is 2. The SMILES string of the molecule is CC(O)CC(C)O.O=C(O)c1ccc(Br)cc1.O=C(O)c1ccc(Br)cc1. The first kappa shape index (κ1) is 25.3. The maximum Gasteiger partial charge on any atom is 0.335 e. The third-order valence-electron chi connectivity index (χ3n) is 2.86. The fourth-order valence-electron chi connectivity index (χ4n) is 1.68. The molecule has 148 valence electrons. The van der Waals surface area contributed by atoms with Crippen LogP contribution >= 0.6 is 31.9 Å². The van der Waals surface area contributed by atoms with Gasteiger partial charge in [-0.15, -0.1) is 0 Å². The number of hydrogen-bond donors (Lipinski definition) is 4. The molecule has 2 aromatic carbocycles. The maximum atomic E-state index is 10.3. The van der Waals surface area contributed by atoms with E-state index in [0.29, 0.717) is 17.5 Å². The van der Waals surface area contributed by atoms with Gasteiger partial charge in [-0.3, -0.25) is 0 Å². The van der Waals surface area contributed by atoms with E-state index < -0.39 is 11.9 Å². The smallest absolute Gasteiger partial charge is 0.335 e. The summed E-state index contributed by atoms with van der Waals surface area (Å²) in [6.45, 7) is 3.32. The Morgan fingerprint density at radius 3 is 1.15 bits per heavy atom. The first-order valence-electron chi connectivity index (χ1n) is 7.86. The van der Waals surface area contributed by atoms with E-state index in [1.165, 1.54) is 0 Å². The van der Waals surface area contributed by atoms with E-state index in [0.717, 1.165) is 8.95 Å². The zero-order chi connectivity index (χ0) is 21.0. The molecule has 0 saturated carbocycles. The van der Waals surface area contributed by atoms with Crippen molar-refractivity contribution in [3.63, 3.8) is 0 Å². The van der Waals surface area contributed by atoms with Gasteiger partial charge in [-0.05, 0) is 68.8 Å². The van der Waals surface area contributed by atoms with Crippen molar-refractivity contribution in [1.29, 1.82) is 0 Å². The second-order valence-corrected chi connectivity index (χ2v) is 7.39. The number of carboxylic acid groups (broad SMARTS) is 2. The van der Waals surface area contributed by atoms with Gasteiger partial charge < -0.3 is 20.4 Å². The van der Waals surface area contributed by atoms with Gasteiger partial charge in [-0.2, -0.15) is 0 Å². The van der Waals surface area contributed by atoms with E-state index in [-0.39, 0.29) is 12.2 Å². The predicted molar refractivity (Wildman–Crippen MR) is 110 cm³/mol. The van der Waals surface area contributed by atoms with Crippen LogP contribution < -0.4 is 0 Å². The summed E-state index contributed by atoms with van der Waals surface area (Å²) in [5.41, 5.74) is 0.617. The number of carbonyl (C=O) groups is 2. The summed E-state index contributed by atoms with van der Waals surface area (Å²) in [4.78, 5) is 20.6. The first-order chi connectivity index (χ1) is 12.5. The van der Waals surface area contributed by atoms with Crippen molar-refractivity contribution < 1.29 is 30.0 Å². The average molecular weight is 506 g/mol. The minimum Gasteiger partial charge on any atom is -0.478 e. The largest absolute Gasteiger partial charge is 0.478 e. The number of aromatic carboxylic acids is 2. The summed E-state index contributed by atoms with van der Waals surface area (Å²) >= 11 is 6.40. The molecule has 4 N–H and O–H groups in total. The van der Waals surface area contributed by atoms with Crippen LogP contribution in [0.4, 0.5) is 0 Å². The molecule has 0 amide bonds. The van der Waals surface area contributed by atoms with Gasteiger partial charge in [-0.25, -0.2) is 9.59 Å². The Balaban J connectivity index is 0.000000384. The highest BCUT2D eigenvalue weighted by molar-refractivity contribution is 9.10. The number of aliphatic hydroxyl groups is 2. The summed E-state index contributed by atoms with van der Waals surface area (Å²) in [6.07, 6.45) is -0.278. The molecule has 2 rings (SSSR count). The van der Waals surface area contributed by atoms with Gasteiger partial charge in [0.05, 0.1) is 23.3 Å². The molecule has 0 heterocycles. The zero-order valence-electron chi connectivity index (χ0n) is 14.8. The molecule has 0 radical (unpaired) electrons. The minimum atomic E-state index is -0.896. The lowest BCUT2D eigenvalue weighted by atomic mass is 10.2. The van der Waals surface area contributed by atoms with E-state index in [1.807, 2.05) is 0 Å². The molecule has 2 aromatic rings. The molecular formula is C19H22Br2O6. The van der Waals surface area contributed by atoms with Gasteiger partial charge in [0, 0.05) is 8.95 Å². The molecule has 0 aliphatic rings. The lowest BCUT2D eigenvalue weighted by Crippen LogP contribution is -2.10. The van der Waals surface area contributed by atoms with Crippen LogP contribution in [0.5, 0.6) is 0 Å². The van der Waals surface area contributed by atoms with Crippen molar-refractivity contribution >= 4 is 43.8 Å². The summed E-state index contributed by atoms with van der Waals surface area (Å²) < 4.78 is 1.77. The second-order valence-electron chi connectivity index (χ2n) is 5.56. The quantitative estimate of drug-likeness (QED) is 0.488. The minimum absolute atomic E-state index is 0.309. The molecule has 27 heavy (non-hydrogen) atoms. The van der Waals surface area contributed by atoms with Crippen LogP contribution in [0.3, 0.4) is 0 Å². The highest BCUT2D eigenvalue weighted by atomic mass is 79.9. The molecule has 0 aromatic heterocycles. The average Bonchev–Trinajstić information content (AvgIpc) is 2.55. The summed E-state index contributed by atoms with van der Waals surface area (Å²) in [7, 11) is 0. The van der Waals surface area contributed by atoms with E-state index in [2.05, 4.69) is 31.9 Å². The topological polar surface area (TPSA) is 115 Å². The van der Waals surface area contributed by atoms with Crippen LogP contribution in [0.2, 0.25) is 0 Å². The number of carboxylic acids is 2. The van der Waals surface area contributed by atoms with Gasteiger partial charge in [0.1, 0.15) is 0 Å². The van der Waals surface area contributed by atoms with Crippen molar-refractivity contribution in [3.05, 3.63) is 68.6 Å². The zero-order valence-corrected chi connectivity index (χ0v) is 18.0. The van der Waals surface area contributed by atoms with Crippen LogP contribution in [0, 0.1) is 0 Å². The molecule has 8 heteroatoms.